The first-order valence-corrected chi connectivity index (χ1v) is 6.15. The Bertz CT molecular complexity index is 539. The summed E-state index contributed by atoms with van der Waals surface area (Å²) in [5, 5.41) is 11.2. The zero-order chi connectivity index (χ0) is 13.8. The van der Waals surface area contributed by atoms with Crippen LogP contribution in [0.4, 0.5) is 5.82 Å². The van der Waals surface area contributed by atoms with Crippen molar-refractivity contribution in [2.75, 3.05) is 5.32 Å². The Kier molecular flexibility index (Phi) is 3.94. The first kappa shape index (κ1) is 13.3. The second-order valence-corrected chi connectivity index (χ2v) is 4.57. The van der Waals surface area contributed by atoms with Gasteiger partial charge in [-0.05, 0) is 20.8 Å². The van der Waals surface area contributed by atoms with Crippen molar-refractivity contribution in [3.8, 4) is 5.88 Å². The highest BCUT2D eigenvalue weighted by atomic mass is 16.5. The van der Waals surface area contributed by atoms with Crippen LogP contribution in [0.15, 0.2) is 18.7 Å². The summed E-state index contributed by atoms with van der Waals surface area (Å²) in [6, 6.07) is 1.77. The Labute approximate surface area is 112 Å². The van der Waals surface area contributed by atoms with Crippen LogP contribution in [-0.2, 0) is 7.05 Å². The summed E-state index contributed by atoms with van der Waals surface area (Å²) in [4.78, 5) is 8.23. The molecule has 0 aromatic carbocycles. The molecule has 102 valence electrons. The van der Waals surface area contributed by atoms with Crippen LogP contribution in [0.1, 0.15) is 32.6 Å². The molecule has 0 aliphatic rings. The van der Waals surface area contributed by atoms with Gasteiger partial charge >= 0.3 is 0 Å². The summed E-state index contributed by atoms with van der Waals surface area (Å²) in [5.74, 6) is 2.09. The maximum Gasteiger partial charge on any atom is 0.218 e. The molecule has 1 N–H and O–H groups in total. The van der Waals surface area contributed by atoms with Crippen molar-refractivity contribution in [3.63, 3.8) is 0 Å². The molecule has 19 heavy (non-hydrogen) atoms. The lowest BCUT2D eigenvalue weighted by Gasteiger charge is -2.14. The van der Waals surface area contributed by atoms with Crippen molar-refractivity contribution in [1.82, 2.24) is 24.7 Å². The molecule has 0 amide bonds. The second kappa shape index (κ2) is 5.64. The number of hydrogen-bond donors (Lipinski definition) is 1. The van der Waals surface area contributed by atoms with Gasteiger partial charge in [-0.15, -0.1) is 10.2 Å². The van der Waals surface area contributed by atoms with Crippen LogP contribution in [0.5, 0.6) is 5.88 Å². The maximum absolute atomic E-state index is 5.53. The van der Waals surface area contributed by atoms with Crippen molar-refractivity contribution in [1.29, 1.82) is 0 Å². The molecule has 2 aromatic rings. The number of aryl methyl sites for hydroxylation is 1. The van der Waals surface area contributed by atoms with E-state index in [2.05, 4.69) is 25.5 Å². The zero-order valence-electron chi connectivity index (χ0n) is 11.5. The minimum atomic E-state index is -0.00528. The maximum atomic E-state index is 5.53. The molecule has 0 fully saturated rings. The van der Waals surface area contributed by atoms with Crippen molar-refractivity contribution >= 4 is 5.82 Å². The number of hydrogen-bond acceptors (Lipinski definition) is 6. The number of nitrogens with one attached hydrogen (secondary N) is 1. The van der Waals surface area contributed by atoms with E-state index in [4.69, 9.17) is 4.74 Å². The van der Waals surface area contributed by atoms with Crippen LogP contribution in [0, 0.1) is 0 Å². The molecule has 7 nitrogen and oxygen atoms in total. The third-order valence-electron chi connectivity index (χ3n) is 2.50. The Morgan fingerprint density at radius 3 is 2.68 bits per heavy atom. The molecule has 0 aliphatic heterocycles. The molecular weight excluding hydrogens is 244 g/mol. The zero-order valence-corrected chi connectivity index (χ0v) is 11.5. The molecule has 1 unspecified atom stereocenters. The van der Waals surface area contributed by atoms with Gasteiger partial charge in [-0.1, -0.05) is 0 Å². The van der Waals surface area contributed by atoms with Crippen molar-refractivity contribution in [2.45, 2.75) is 32.9 Å². The van der Waals surface area contributed by atoms with Crippen LogP contribution in [0.25, 0.3) is 0 Å². The van der Waals surface area contributed by atoms with Gasteiger partial charge in [0.15, 0.2) is 5.82 Å². The molecule has 0 bridgehead atoms. The van der Waals surface area contributed by atoms with Gasteiger partial charge in [0.05, 0.1) is 12.1 Å². The predicted octanol–water partition coefficient (Wildman–Crippen LogP) is 1.57. The average Bonchev–Trinajstić information content (AvgIpc) is 2.75. The fourth-order valence-electron chi connectivity index (χ4n) is 1.69. The lowest BCUT2D eigenvalue weighted by molar-refractivity contribution is 0.232. The van der Waals surface area contributed by atoms with Gasteiger partial charge in [0.2, 0.25) is 5.88 Å². The fourth-order valence-corrected chi connectivity index (χ4v) is 1.69. The number of rotatable bonds is 5. The second-order valence-electron chi connectivity index (χ2n) is 4.57. The lowest BCUT2D eigenvalue weighted by atomic mass is 10.3. The largest absolute Gasteiger partial charge is 0.475 e. The van der Waals surface area contributed by atoms with E-state index in [9.17, 15) is 0 Å². The summed E-state index contributed by atoms with van der Waals surface area (Å²) in [6.07, 6.45) is 3.23. The summed E-state index contributed by atoms with van der Waals surface area (Å²) < 4.78 is 7.39. The first-order chi connectivity index (χ1) is 9.06. The predicted molar refractivity (Wildman–Crippen MR) is 70.8 cm³/mol. The topological polar surface area (TPSA) is 77.8 Å². The Morgan fingerprint density at radius 2 is 2.05 bits per heavy atom. The minimum Gasteiger partial charge on any atom is -0.475 e. The average molecular weight is 262 g/mol. The Balaban J connectivity index is 2.09. The van der Waals surface area contributed by atoms with E-state index in [-0.39, 0.29) is 12.1 Å². The van der Waals surface area contributed by atoms with E-state index in [0.717, 1.165) is 5.82 Å². The van der Waals surface area contributed by atoms with Crippen LogP contribution in [0.2, 0.25) is 0 Å². The Morgan fingerprint density at radius 1 is 1.26 bits per heavy atom. The third-order valence-corrected chi connectivity index (χ3v) is 2.50. The summed E-state index contributed by atoms with van der Waals surface area (Å²) >= 11 is 0. The summed E-state index contributed by atoms with van der Waals surface area (Å²) in [5.41, 5.74) is 0. The number of nitrogens with zero attached hydrogens (tertiary/aromatic N) is 5. The Hall–Kier alpha value is -2.18. The molecule has 0 radical (unpaired) electrons. The number of anilines is 1. The smallest absolute Gasteiger partial charge is 0.218 e. The minimum absolute atomic E-state index is 0.00528. The molecular formula is C12H18N6O. The molecule has 0 spiro atoms. The highest BCUT2D eigenvalue weighted by molar-refractivity contribution is 5.38. The quantitative estimate of drug-likeness (QED) is 0.881. The van der Waals surface area contributed by atoms with E-state index in [1.807, 2.05) is 32.4 Å². The molecule has 2 aromatic heterocycles. The van der Waals surface area contributed by atoms with Gasteiger partial charge in [0, 0.05) is 13.1 Å². The van der Waals surface area contributed by atoms with E-state index >= 15 is 0 Å². The number of aromatic nitrogens is 5. The summed E-state index contributed by atoms with van der Waals surface area (Å²) in [7, 11) is 1.90. The molecule has 0 aliphatic carbocycles. The van der Waals surface area contributed by atoms with Gasteiger partial charge in [0.1, 0.15) is 18.5 Å². The third kappa shape index (κ3) is 3.40. The van der Waals surface area contributed by atoms with Gasteiger partial charge in [-0.3, -0.25) is 0 Å². The van der Waals surface area contributed by atoms with E-state index in [0.29, 0.717) is 11.7 Å². The van der Waals surface area contributed by atoms with Crippen molar-refractivity contribution < 1.29 is 4.74 Å². The van der Waals surface area contributed by atoms with Crippen molar-refractivity contribution in [3.05, 3.63) is 24.5 Å². The fraction of sp³-hybridized carbons (Fsp3) is 0.500. The van der Waals surface area contributed by atoms with E-state index in [1.54, 1.807) is 12.4 Å². The molecule has 2 rings (SSSR count). The molecule has 2 heterocycles. The molecule has 1 atom stereocenters. The van der Waals surface area contributed by atoms with Gasteiger partial charge in [-0.2, -0.15) is 0 Å². The van der Waals surface area contributed by atoms with Gasteiger partial charge in [0.25, 0.3) is 0 Å². The van der Waals surface area contributed by atoms with Crippen LogP contribution >= 0.6 is 0 Å². The van der Waals surface area contributed by atoms with Gasteiger partial charge < -0.3 is 14.6 Å². The molecule has 0 saturated carbocycles. The normalized spacial score (nSPS) is 12.5. The highest BCUT2D eigenvalue weighted by Gasteiger charge is 2.12. The van der Waals surface area contributed by atoms with Gasteiger partial charge in [-0.25, -0.2) is 9.97 Å². The van der Waals surface area contributed by atoms with Crippen LogP contribution in [0.3, 0.4) is 0 Å². The SMILES string of the molecule is CC(C)Oc1cc(NC(C)c2nncn2C)ncn1. The van der Waals surface area contributed by atoms with Crippen molar-refractivity contribution in [2.24, 2.45) is 7.05 Å². The summed E-state index contributed by atoms with van der Waals surface area (Å²) in [6.45, 7) is 5.91. The first-order valence-electron chi connectivity index (χ1n) is 6.15. The standard InChI is InChI=1S/C12H18N6O/c1-8(2)19-11-5-10(13-6-14-11)16-9(3)12-17-15-7-18(12)4/h5-9H,1-4H3,(H,13,14,16). The monoisotopic (exact) mass is 262 g/mol. The lowest BCUT2D eigenvalue weighted by Crippen LogP contribution is -2.13. The van der Waals surface area contributed by atoms with E-state index < -0.39 is 0 Å². The molecule has 7 heteroatoms. The van der Waals surface area contributed by atoms with E-state index in [1.165, 1.54) is 6.33 Å². The van der Waals surface area contributed by atoms with Crippen LogP contribution < -0.4 is 10.1 Å². The number of ether oxygens (including phenoxy) is 1. The van der Waals surface area contributed by atoms with Crippen LogP contribution in [-0.4, -0.2) is 30.8 Å². The highest BCUT2D eigenvalue weighted by Crippen LogP contribution is 2.18. The molecule has 0 saturated heterocycles.